The molecule has 0 unspecified atom stereocenters. The van der Waals surface area contributed by atoms with Gasteiger partial charge in [-0.3, -0.25) is 14.4 Å². The predicted octanol–water partition coefficient (Wildman–Crippen LogP) is 2.75. The van der Waals surface area contributed by atoms with Gasteiger partial charge in [-0.15, -0.1) is 0 Å². The Hall–Kier alpha value is -3.59. The average Bonchev–Trinajstić information content (AvgIpc) is 3.32. The minimum Gasteiger partial charge on any atom is -0.467 e. The Bertz CT molecular complexity index is 1250. The van der Waals surface area contributed by atoms with Crippen molar-refractivity contribution < 1.29 is 18.8 Å². The first-order chi connectivity index (χ1) is 16.4. The molecule has 10 heteroatoms. The number of nitrogens with one attached hydrogen (secondary N) is 2. The normalized spacial score (nSPS) is 19.6. The molecule has 1 aromatic carbocycles. The molecule has 176 valence electrons. The smallest absolute Gasteiger partial charge is 0.274 e. The number of hydrogen-bond donors (Lipinski definition) is 2. The Balaban J connectivity index is 1.38. The van der Waals surface area contributed by atoms with Crippen molar-refractivity contribution in [3.63, 3.8) is 0 Å². The predicted molar refractivity (Wildman–Crippen MR) is 123 cm³/mol. The van der Waals surface area contributed by atoms with Crippen molar-refractivity contribution >= 4 is 29.3 Å². The molecule has 3 heterocycles. The van der Waals surface area contributed by atoms with Crippen LogP contribution in [-0.2, 0) is 24.4 Å². The second-order valence-electron chi connectivity index (χ2n) is 8.79. The van der Waals surface area contributed by atoms with Crippen molar-refractivity contribution in [1.82, 2.24) is 25.1 Å². The third-order valence-electron chi connectivity index (χ3n) is 6.29. The van der Waals surface area contributed by atoms with Crippen molar-refractivity contribution in [2.45, 2.75) is 51.0 Å². The van der Waals surface area contributed by atoms with Gasteiger partial charge in [0.15, 0.2) is 5.69 Å². The average molecular weight is 482 g/mol. The molecule has 1 atom stereocenters. The number of aromatic nitrogens is 2. The van der Waals surface area contributed by atoms with Crippen LogP contribution in [0.15, 0.2) is 53.4 Å². The number of benzene rings is 1. The van der Waals surface area contributed by atoms with Crippen LogP contribution in [-0.4, -0.2) is 43.8 Å². The van der Waals surface area contributed by atoms with E-state index in [0.29, 0.717) is 10.8 Å². The summed E-state index contributed by atoms with van der Waals surface area (Å²) >= 11 is 6.23. The highest BCUT2D eigenvalue weighted by atomic mass is 35.5. The molecule has 0 radical (unpaired) electrons. The van der Waals surface area contributed by atoms with Gasteiger partial charge in [-0.1, -0.05) is 29.8 Å². The lowest BCUT2D eigenvalue weighted by molar-refractivity contribution is -0.133. The maximum absolute atomic E-state index is 13.6. The number of imidazole rings is 1. The van der Waals surface area contributed by atoms with Gasteiger partial charge in [-0.25, -0.2) is 4.98 Å². The maximum Gasteiger partial charge on any atom is 0.274 e. The molecule has 2 aliphatic rings. The van der Waals surface area contributed by atoms with Crippen LogP contribution in [0.5, 0.6) is 0 Å². The number of halogens is 1. The zero-order chi connectivity index (χ0) is 23.9. The first-order valence-corrected chi connectivity index (χ1v) is 11.5. The third-order valence-corrected chi connectivity index (χ3v) is 6.65. The van der Waals surface area contributed by atoms with Crippen LogP contribution in [0, 0.1) is 0 Å². The van der Waals surface area contributed by atoms with Gasteiger partial charge < -0.3 is 24.5 Å². The summed E-state index contributed by atoms with van der Waals surface area (Å²) in [6.07, 6.45) is 4.59. The summed E-state index contributed by atoms with van der Waals surface area (Å²) in [5, 5.41) is 6.24. The molecule has 2 aromatic heterocycles. The summed E-state index contributed by atoms with van der Waals surface area (Å²) in [6, 6.07) is 10.7. The second kappa shape index (κ2) is 8.64. The molecule has 1 saturated carbocycles. The standard InChI is InChI=1S/C24H24ClN5O4/c1-24(23(33)27-11-15-5-2-3-7-18(15)25)13-29-14-28-19(20(29)22(32)30(24)16-8-9-16)21(31)26-12-17-6-4-10-34-17/h2-7,10,14,16H,8-9,11-13H2,1H3,(H,26,31)(H,27,33)/t24-/m1/s1. The Kier molecular flexibility index (Phi) is 5.65. The van der Waals surface area contributed by atoms with Gasteiger partial charge in [0, 0.05) is 17.6 Å². The van der Waals surface area contributed by atoms with E-state index < -0.39 is 11.4 Å². The molecule has 5 rings (SSSR count). The summed E-state index contributed by atoms with van der Waals surface area (Å²) in [5.41, 5.74) is -0.101. The lowest BCUT2D eigenvalue weighted by Gasteiger charge is -2.44. The second-order valence-corrected chi connectivity index (χ2v) is 9.19. The quantitative estimate of drug-likeness (QED) is 0.539. The number of amides is 3. The molecule has 1 aliphatic heterocycles. The molecule has 1 aliphatic carbocycles. The Morgan fingerprint density at radius 3 is 2.68 bits per heavy atom. The molecule has 0 spiro atoms. The van der Waals surface area contributed by atoms with Crippen LogP contribution >= 0.6 is 11.6 Å². The van der Waals surface area contributed by atoms with E-state index in [4.69, 9.17) is 16.0 Å². The summed E-state index contributed by atoms with van der Waals surface area (Å²) in [5.74, 6) is -0.531. The Morgan fingerprint density at radius 1 is 1.18 bits per heavy atom. The molecule has 0 bridgehead atoms. The fraction of sp³-hybridized carbons (Fsp3) is 0.333. The van der Waals surface area contributed by atoms with Gasteiger partial charge >= 0.3 is 0 Å². The zero-order valence-corrected chi connectivity index (χ0v) is 19.3. The van der Waals surface area contributed by atoms with E-state index in [-0.39, 0.29) is 48.9 Å². The van der Waals surface area contributed by atoms with Crippen molar-refractivity contribution in [3.05, 3.63) is 76.7 Å². The van der Waals surface area contributed by atoms with Crippen LogP contribution in [0.2, 0.25) is 5.02 Å². The fourth-order valence-electron chi connectivity index (χ4n) is 4.39. The summed E-state index contributed by atoms with van der Waals surface area (Å²) in [7, 11) is 0. The van der Waals surface area contributed by atoms with Gasteiger partial charge in [0.2, 0.25) is 5.91 Å². The zero-order valence-electron chi connectivity index (χ0n) is 18.6. The van der Waals surface area contributed by atoms with Crippen molar-refractivity contribution in [2.75, 3.05) is 0 Å². The van der Waals surface area contributed by atoms with E-state index in [0.717, 1.165) is 18.4 Å². The summed E-state index contributed by atoms with van der Waals surface area (Å²) in [4.78, 5) is 45.7. The van der Waals surface area contributed by atoms with E-state index in [9.17, 15) is 14.4 Å². The number of rotatable bonds is 7. The van der Waals surface area contributed by atoms with Crippen LogP contribution in [0.1, 0.15) is 52.1 Å². The van der Waals surface area contributed by atoms with Crippen LogP contribution in [0.25, 0.3) is 0 Å². The highest BCUT2D eigenvalue weighted by molar-refractivity contribution is 6.31. The lowest BCUT2D eigenvalue weighted by atomic mass is 9.93. The lowest BCUT2D eigenvalue weighted by Crippen LogP contribution is -2.64. The van der Waals surface area contributed by atoms with Crippen molar-refractivity contribution in [1.29, 1.82) is 0 Å². The number of furan rings is 1. The SMILES string of the molecule is C[C@]1(C(=O)NCc2ccccc2Cl)Cn2cnc(C(=O)NCc3ccco3)c2C(=O)N1C1CC1. The first-order valence-electron chi connectivity index (χ1n) is 11.1. The monoisotopic (exact) mass is 481 g/mol. The van der Waals surface area contributed by atoms with Gasteiger partial charge in [-0.2, -0.15) is 0 Å². The fourth-order valence-corrected chi connectivity index (χ4v) is 4.60. The molecule has 1 fully saturated rings. The van der Waals surface area contributed by atoms with Crippen molar-refractivity contribution in [3.8, 4) is 0 Å². The molecule has 2 N–H and O–H groups in total. The Labute approximate surface area is 201 Å². The highest BCUT2D eigenvalue weighted by Crippen LogP contribution is 2.39. The highest BCUT2D eigenvalue weighted by Gasteiger charge is 2.53. The van der Waals surface area contributed by atoms with Crippen molar-refractivity contribution in [2.24, 2.45) is 0 Å². The number of fused-ring (bicyclic) bond motifs is 1. The molecule has 9 nitrogen and oxygen atoms in total. The molecular weight excluding hydrogens is 458 g/mol. The molecule has 3 aromatic rings. The number of hydrogen-bond acceptors (Lipinski definition) is 5. The van der Waals surface area contributed by atoms with E-state index in [1.807, 2.05) is 18.2 Å². The number of nitrogens with zero attached hydrogens (tertiary/aromatic N) is 3. The van der Waals surface area contributed by atoms with E-state index in [1.165, 1.54) is 12.6 Å². The third kappa shape index (κ3) is 3.96. The van der Waals surface area contributed by atoms with Gasteiger partial charge in [-0.05, 0) is 43.5 Å². The summed E-state index contributed by atoms with van der Waals surface area (Å²) in [6.45, 7) is 2.38. The molecular formula is C24H24ClN5O4. The summed E-state index contributed by atoms with van der Waals surface area (Å²) < 4.78 is 6.83. The molecule has 3 amide bonds. The minimum atomic E-state index is -1.13. The first kappa shape index (κ1) is 22.2. The number of carbonyl (C=O) groups is 3. The largest absolute Gasteiger partial charge is 0.467 e. The van der Waals surface area contributed by atoms with Gasteiger partial charge in [0.1, 0.15) is 17.0 Å². The Morgan fingerprint density at radius 2 is 1.97 bits per heavy atom. The van der Waals surface area contributed by atoms with Crippen LogP contribution < -0.4 is 10.6 Å². The minimum absolute atomic E-state index is 0.0423. The van der Waals surface area contributed by atoms with Crippen LogP contribution in [0.3, 0.4) is 0 Å². The van der Waals surface area contributed by atoms with Gasteiger partial charge in [0.25, 0.3) is 11.8 Å². The number of carbonyl (C=O) groups excluding carboxylic acids is 3. The van der Waals surface area contributed by atoms with E-state index >= 15 is 0 Å². The van der Waals surface area contributed by atoms with Gasteiger partial charge in [0.05, 0.1) is 25.7 Å². The van der Waals surface area contributed by atoms with E-state index in [2.05, 4.69) is 15.6 Å². The van der Waals surface area contributed by atoms with E-state index in [1.54, 1.807) is 34.6 Å². The maximum atomic E-state index is 13.6. The molecule has 0 saturated heterocycles. The molecule has 34 heavy (non-hydrogen) atoms. The topological polar surface area (TPSA) is 109 Å². The van der Waals surface area contributed by atoms with Crippen LogP contribution in [0.4, 0.5) is 0 Å².